The zero-order chi connectivity index (χ0) is 13.8. The van der Waals surface area contributed by atoms with Crippen molar-refractivity contribution >= 4 is 17.2 Å². The molecule has 0 saturated carbocycles. The summed E-state index contributed by atoms with van der Waals surface area (Å²) in [5.41, 5.74) is 6.70. The van der Waals surface area contributed by atoms with Crippen molar-refractivity contribution in [2.75, 3.05) is 13.6 Å². The minimum Gasteiger partial charge on any atom is -0.388 e. The van der Waals surface area contributed by atoms with Crippen LogP contribution in [0.15, 0.2) is 18.3 Å². The first-order chi connectivity index (χ1) is 8.29. The van der Waals surface area contributed by atoms with Gasteiger partial charge in [0, 0.05) is 19.3 Å². The molecule has 0 bridgehead atoms. The molecule has 0 aliphatic carbocycles. The van der Waals surface area contributed by atoms with E-state index >= 15 is 0 Å². The van der Waals surface area contributed by atoms with Crippen LogP contribution in [-0.4, -0.2) is 34.6 Å². The van der Waals surface area contributed by atoms with Crippen molar-refractivity contribution in [1.82, 2.24) is 9.88 Å². The van der Waals surface area contributed by atoms with Gasteiger partial charge in [-0.1, -0.05) is 18.3 Å². The van der Waals surface area contributed by atoms with Crippen LogP contribution in [0.2, 0.25) is 0 Å². The monoisotopic (exact) mass is 277 g/mol. The predicted molar refractivity (Wildman–Crippen MR) is 67.1 cm³/mol. The fourth-order valence-corrected chi connectivity index (χ4v) is 1.66. The Morgan fingerprint density at radius 2 is 2.17 bits per heavy atom. The second kappa shape index (κ2) is 6.10. The number of nitrogens with two attached hydrogens (primary N) is 1. The lowest BCUT2D eigenvalue weighted by Gasteiger charge is -2.18. The smallest absolute Gasteiger partial charge is 0.388 e. The number of pyridine rings is 1. The number of thiocarbonyl (C=S) groups is 1. The third-order valence-corrected chi connectivity index (χ3v) is 2.54. The van der Waals surface area contributed by atoms with Crippen LogP contribution in [0.5, 0.6) is 0 Å². The number of alkyl halides is 3. The number of nitrogens with zero attached hydrogens (tertiary/aromatic N) is 2. The quantitative estimate of drug-likeness (QED) is 0.837. The summed E-state index contributed by atoms with van der Waals surface area (Å²) in [6, 6.07) is 3.46. The van der Waals surface area contributed by atoms with Gasteiger partial charge in [-0.25, -0.2) is 0 Å². The Morgan fingerprint density at radius 1 is 1.50 bits per heavy atom. The normalized spacial score (nSPS) is 11.8. The maximum Gasteiger partial charge on any atom is 0.390 e. The molecule has 0 aliphatic heterocycles. The lowest BCUT2D eigenvalue weighted by molar-refractivity contribution is -0.137. The molecule has 0 aliphatic rings. The van der Waals surface area contributed by atoms with Crippen LogP contribution in [0.25, 0.3) is 0 Å². The van der Waals surface area contributed by atoms with E-state index in [0.717, 1.165) is 5.56 Å². The zero-order valence-electron chi connectivity index (χ0n) is 9.87. The molecule has 0 aromatic carbocycles. The molecule has 3 nitrogen and oxygen atoms in total. The first-order valence-electron chi connectivity index (χ1n) is 5.28. The Balaban J connectivity index is 2.64. The molecule has 2 N–H and O–H groups in total. The van der Waals surface area contributed by atoms with Crippen LogP contribution in [0.1, 0.15) is 17.7 Å². The van der Waals surface area contributed by atoms with E-state index in [0.29, 0.717) is 12.2 Å². The van der Waals surface area contributed by atoms with Crippen LogP contribution in [-0.2, 0) is 6.54 Å². The number of rotatable bonds is 5. The van der Waals surface area contributed by atoms with E-state index in [1.54, 1.807) is 30.3 Å². The molecule has 0 radical (unpaired) electrons. The van der Waals surface area contributed by atoms with Crippen molar-refractivity contribution in [2.24, 2.45) is 5.73 Å². The van der Waals surface area contributed by atoms with Crippen molar-refractivity contribution in [2.45, 2.75) is 19.1 Å². The van der Waals surface area contributed by atoms with Gasteiger partial charge < -0.3 is 10.6 Å². The first-order valence-corrected chi connectivity index (χ1v) is 5.69. The van der Waals surface area contributed by atoms with Gasteiger partial charge in [-0.15, -0.1) is 0 Å². The number of halogens is 3. The highest BCUT2D eigenvalue weighted by atomic mass is 32.1. The Morgan fingerprint density at radius 3 is 2.72 bits per heavy atom. The highest BCUT2D eigenvalue weighted by Gasteiger charge is 2.27. The standard InChI is InChI=1S/C11H14F3N3S/c1-17(6-4-11(12,13)14)7-8-3-2-5-16-9(8)10(15)18/h2-3,5H,4,6-7H2,1H3,(H2,15,18). The van der Waals surface area contributed by atoms with Crippen LogP contribution < -0.4 is 5.73 Å². The third-order valence-electron chi connectivity index (χ3n) is 2.34. The summed E-state index contributed by atoms with van der Waals surface area (Å²) in [5, 5.41) is 0. The van der Waals surface area contributed by atoms with Gasteiger partial charge in [0.05, 0.1) is 6.42 Å². The fraction of sp³-hybridized carbons (Fsp3) is 0.455. The molecule has 0 atom stereocenters. The summed E-state index contributed by atoms with van der Waals surface area (Å²) in [5.74, 6) is 0. The van der Waals surface area contributed by atoms with Crippen LogP contribution >= 0.6 is 12.2 Å². The lowest BCUT2D eigenvalue weighted by Crippen LogP contribution is -2.26. The first kappa shape index (κ1) is 14.8. The van der Waals surface area contributed by atoms with Gasteiger partial charge in [0.2, 0.25) is 0 Å². The Hall–Kier alpha value is -1.21. The number of hydrogen-bond donors (Lipinski definition) is 1. The van der Waals surface area contributed by atoms with E-state index in [1.165, 1.54) is 0 Å². The Labute approximate surface area is 109 Å². The Bertz CT molecular complexity index is 420. The molecule has 0 saturated heterocycles. The average Bonchev–Trinajstić information content (AvgIpc) is 2.26. The number of hydrogen-bond acceptors (Lipinski definition) is 3. The highest BCUT2D eigenvalue weighted by molar-refractivity contribution is 7.80. The summed E-state index contributed by atoms with van der Waals surface area (Å²) in [7, 11) is 1.61. The molecule has 0 fully saturated rings. The number of aromatic nitrogens is 1. The molecule has 100 valence electrons. The highest BCUT2D eigenvalue weighted by Crippen LogP contribution is 2.20. The zero-order valence-corrected chi connectivity index (χ0v) is 10.7. The van der Waals surface area contributed by atoms with E-state index in [2.05, 4.69) is 4.98 Å². The topological polar surface area (TPSA) is 42.2 Å². The van der Waals surface area contributed by atoms with Gasteiger partial charge in [0.25, 0.3) is 0 Å². The molecule has 0 unspecified atom stereocenters. The molecule has 18 heavy (non-hydrogen) atoms. The lowest BCUT2D eigenvalue weighted by atomic mass is 10.2. The maximum absolute atomic E-state index is 12.1. The van der Waals surface area contributed by atoms with Gasteiger partial charge >= 0.3 is 6.18 Å². The summed E-state index contributed by atoms with van der Waals surface area (Å²) < 4.78 is 36.2. The molecule has 7 heteroatoms. The molecular weight excluding hydrogens is 263 g/mol. The van der Waals surface area contributed by atoms with Gasteiger partial charge in [-0.2, -0.15) is 13.2 Å². The van der Waals surface area contributed by atoms with Crippen molar-refractivity contribution in [3.05, 3.63) is 29.6 Å². The minimum absolute atomic E-state index is 0.0742. The molecule has 1 heterocycles. The predicted octanol–water partition coefficient (Wildman–Crippen LogP) is 2.10. The van der Waals surface area contributed by atoms with Gasteiger partial charge in [0.1, 0.15) is 10.7 Å². The van der Waals surface area contributed by atoms with Gasteiger partial charge in [0.15, 0.2) is 0 Å². The molecule has 0 spiro atoms. The molecule has 1 aromatic rings. The second-order valence-electron chi connectivity index (χ2n) is 3.98. The van der Waals surface area contributed by atoms with Crippen molar-refractivity contribution < 1.29 is 13.2 Å². The second-order valence-corrected chi connectivity index (χ2v) is 4.42. The third kappa shape index (κ3) is 4.97. The minimum atomic E-state index is -4.14. The fourth-order valence-electron chi connectivity index (χ4n) is 1.48. The van der Waals surface area contributed by atoms with Gasteiger partial charge in [-0.05, 0) is 18.7 Å². The molecule has 1 rings (SSSR count). The van der Waals surface area contributed by atoms with Crippen molar-refractivity contribution in [3.63, 3.8) is 0 Å². The van der Waals surface area contributed by atoms with Crippen LogP contribution in [0.3, 0.4) is 0 Å². The van der Waals surface area contributed by atoms with E-state index in [9.17, 15) is 13.2 Å². The van der Waals surface area contributed by atoms with Crippen molar-refractivity contribution in [1.29, 1.82) is 0 Å². The van der Waals surface area contributed by atoms with E-state index in [4.69, 9.17) is 18.0 Å². The Kier molecular flexibility index (Phi) is 5.03. The van der Waals surface area contributed by atoms with Crippen LogP contribution in [0.4, 0.5) is 13.2 Å². The largest absolute Gasteiger partial charge is 0.390 e. The molecular formula is C11H14F3N3S. The van der Waals surface area contributed by atoms with E-state index in [1.807, 2.05) is 0 Å². The molecule has 0 amide bonds. The molecule has 1 aromatic heterocycles. The summed E-state index contributed by atoms with van der Waals surface area (Å²) in [6.45, 7) is 0.256. The van der Waals surface area contributed by atoms with Gasteiger partial charge in [-0.3, -0.25) is 4.98 Å². The van der Waals surface area contributed by atoms with E-state index in [-0.39, 0.29) is 11.5 Å². The van der Waals surface area contributed by atoms with Crippen LogP contribution in [0, 0.1) is 0 Å². The average molecular weight is 277 g/mol. The summed E-state index contributed by atoms with van der Waals surface area (Å²) in [6.07, 6.45) is -3.44. The maximum atomic E-state index is 12.1. The van der Waals surface area contributed by atoms with Crippen molar-refractivity contribution in [3.8, 4) is 0 Å². The SMILES string of the molecule is CN(CCC(F)(F)F)Cc1cccnc1C(N)=S. The summed E-state index contributed by atoms with van der Waals surface area (Å²) in [4.78, 5) is 5.73. The van der Waals surface area contributed by atoms with E-state index < -0.39 is 12.6 Å². The summed E-state index contributed by atoms with van der Waals surface area (Å²) >= 11 is 4.84.